The van der Waals surface area contributed by atoms with Crippen LogP contribution in [0.1, 0.15) is 42.1 Å². The Bertz CT molecular complexity index is 1490. The molecule has 1 saturated heterocycles. The van der Waals surface area contributed by atoms with Crippen LogP contribution in [0.15, 0.2) is 71.5 Å². The molecule has 1 fully saturated rings. The Hall–Kier alpha value is -3.95. The van der Waals surface area contributed by atoms with Crippen molar-refractivity contribution in [1.29, 1.82) is 0 Å². The zero-order valence-electron chi connectivity index (χ0n) is 22.1. The Balaban J connectivity index is 1.55. The van der Waals surface area contributed by atoms with Crippen LogP contribution < -0.4 is 10.5 Å². The highest BCUT2D eigenvalue weighted by molar-refractivity contribution is 5.89. The predicted octanol–water partition coefficient (Wildman–Crippen LogP) is 5.79. The van der Waals surface area contributed by atoms with Gasteiger partial charge >= 0.3 is 0 Å². The molecule has 2 atom stereocenters. The third-order valence-corrected chi connectivity index (χ3v) is 7.63. The van der Waals surface area contributed by atoms with E-state index in [1.165, 1.54) is 22.3 Å². The van der Waals surface area contributed by atoms with Crippen LogP contribution in [0.2, 0.25) is 0 Å². The van der Waals surface area contributed by atoms with Crippen LogP contribution in [-0.4, -0.2) is 39.6 Å². The van der Waals surface area contributed by atoms with Gasteiger partial charge in [0.05, 0.1) is 17.2 Å². The molecule has 188 valence electrons. The molecule has 0 aliphatic carbocycles. The van der Waals surface area contributed by atoms with Gasteiger partial charge in [-0.1, -0.05) is 66.2 Å². The number of benzene rings is 2. The molecule has 2 aromatic carbocycles. The fourth-order valence-electron chi connectivity index (χ4n) is 5.50. The van der Waals surface area contributed by atoms with E-state index >= 15 is 0 Å². The summed E-state index contributed by atoms with van der Waals surface area (Å²) in [4.78, 5) is 25.9. The Morgan fingerprint density at radius 1 is 0.892 bits per heavy atom. The quantitative estimate of drug-likeness (QED) is 0.339. The molecule has 0 saturated carbocycles. The Labute approximate surface area is 218 Å². The molecule has 3 heterocycles. The largest absolute Gasteiger partial charge is 0.362 e. The Morgan fingerprint density at radius 3 is 2.05 bits per heavy atom. The van der Waals surface area contributed by atoms with E-state index in [0.717, 1.165) is 24.3 Å². The van der Waals surface area contributed by atoms with Crippen molar-refractivity contribution in [3.63, 3.8) is 0 Å². The number of pyridine rings is 2. The first-order valence-electron chi connectivity index (χ1n) is 12.8. The zero-order chi connectivity index (χ0) is 26.3. The summed E-state index contributed by atoms with van der Waals surface area (Å²) in [5, 5.41) is 0. The monoisotopic (exact) mass is 491 g/mol. The summed E-state index contributed by atoms with van der Waals surface area (Å²) in [7, 11) is 1.76. The van der Waals surface area contributed by atoms with Crippen molar-refractivity contribution in [1.82, 2.24) is 14.5 Å². The van der Waals surface area contributed by atoms with E-state index in [-0.39, 0.29) is 23.7 Å². The zero-order valence-corrected chi connectivity index (χ0v) is 22.1. The molecule has 1 aliphatic heterocycles. The summed E-state index contributed by atoms with van der Waals surface area (Å²) in [5.41, 5.74) is 7.26. The number of hydrogen-bond acceptors (Lipinski definition) is 4. The van der Waals surface area contributed by atoms with Crippen molar-refractivity contribution >= 4 is 22.5 Å². The average Bonchev–Trinajstić information content (AvgIpc) is 2.90. The maximum absolute atomic E-state index is 12.9. The molecule has 0 N–H and O–H groups in total. The third kappa shape index (κ3) is 4.63. The van der Waals surface area contributed by atoms with Crippen LogP contribution in [-0.2, 0) is 7.05 Å². The summed E-state index contributed by atoms with van der Waals surface area (Å²) in [6, 6.07) is 23.4. The maximum atomic E-state index is 12.9. The van der Waals surface area contributed by atoms with E-state index < -0.39 is 0 Å². The number of fused-ring (bicyclic) bond motifs is 1. The number of hydrogen-bond donors (Lipinski definition) is 0. The molecule has 37 heavy (non-hydrogen) atoms. The van der Waals surface area contributed by atoms with Crippen LogP contribution in [0.5, 0.6) is 0 Å². The minimum absolute atomic E-state index is 0.0701. The van der Waals surface area contributed by atoms with Gasteiger partial charge in [-0.15, -0.1) is 4.98 Å². The van der Waals surface area contributed by atoms with Crippen LogP contribution in [0.25, 0.3) is 15.9 Å². The second-order valence-corrected chi connectivity index (χ2v) is 10.3. The average molecular weight is 492 g/mol. The molecule has 0 bridgehead atoms. The number of rotatable bonds is 4. The van der Waals surface area contributed by atoms with E-state index in [4.69, 9.17) is 6.57 Å². The van der Waals surface area contributed by atoms with Gasteiger partial charge in [-0.2, -0.15) is 0 Å². The lowest BCUT2D eigenvalue weighted by atomic mass is 9.92. The molecule has 0 spiro atoms. The number of aryl methyl sites for hydroxylation is 3. The number of aromatic nitrogens is 2. The molecule has 1 aliphatic rings. The second kappa shape index (κ2) is 9.84. The van der Waals surface area contributed by atoms with Gasteiger partial charge in [0.25, 0.3) is 11.4 Å². The summed E-state index contributed by atoms with van der Waals surface area (Å²) in [6.07, 6.45) is 0. The summed E-state index contributed by atoms with van der Waals surface area (Å²) < 4.78 is 1.61. The molecule has 5 rings (SSSR count). The van der Waals surface area contributed by atoms with Gasteiger partial charge in [0, 0.05) is 38.3 Å². The smallest absolute Gasteiger partial charge is 0.270 e. The van der Waals surface area contributed by atoms with E-state index in [2.05, 4.69) is 95.9 Å². The Kier molecular flexibility index (Phi) is 6.57. The van der Waals surface area contributed by atoms with Crippen molar-refractivity contribution in [3.8, 4) is 0 Å². The van der Waals surface area contributed by atoms with Crippen molar-refractivity contribution in [2.24, 2.45) is 7.05 Å². The van der Waals surface area contributed by atoms with Gasteiger partial charge in [0.15, 0.2) is 0 Å². The van der Waals surface area contributed by atoms with Gasteiger partial charge in [-0.05, 0) is 51.0 Å². The van der Waals surface area contributed by atoms with Crippen molar-refractivity contribution in [2.45, 2.75) is 45.8 Å². The molecule has 6 nitrogen and oxygen atoms in total. The molecule has 4 aromatic rings. The minimum atomic E-state index is -0.0701. The number of anilines is 1. The molecule has 0 radical (unpaired) electrons. The van der Waals surface area contributed by atoms with Crippen LogP contribution in [0, 0.1) is 20.4 Å². The van der Waals surface area contributed by atoms with Gasteiger partial charge in [-0.25, -0.2) is 0 Å². The lowest BCUT2D eigenvalue weighted by molar-refractivity contribution is 0.130. The first-order chi connectivity index (χ1) is 17.8. The van der Waals surface area contributed by atoms with Crippen LogP contribution in [0.4, 0.5) is 11.5 Å². The first-order valence-corrected chi connectivity index (χ1v) is 12.8. The van der Waals surface area contributed by atoms with Gasteiger partial charge in [0.1, 0.15) is 0 Å². The van der Waals surface area contributed by atoms with Gasteiger partial charge in [0.2, 0.25) is 5.52 Å². The molecule has 6 heteroatoms. The van der Waals surface area contributed by atoms with E-state index in [0.29, 0.717) is 11.3 Å². The van der Waals surface area contributed by atoms with Crippen LogP contribution in [0.3, 0.4) is 0 Å². The summed E-state index contributed by atoms with van der Waals surface area (Å²) >= 11 is 0. The van der Waals surface area contributed by atoms with Crippen molar-refractivity contribution < 1.29 is 0 Å². The molecule has 2 aromatic heterocycles. The highest BCUT2D eigenvalue weighted by atomic mass is 16.1. The van der Waals surface area contributed by atoms with Crippen molar-refractivity contribution in [3.05, 3.63) is 111 Å². The second-order valence-electron chi connectivity index (χ2n) is 10.3. The lowest BCUT2D eigenvalue weighted by Crippen LogP contribution is -2.57. The highest BCUT2D eigenvalue weighted by Gasteiger charge is 2.36. The maximum Gasteiger partial charge on any atom is 0.270 e. The Morgan fingerprint density at radius 2 is 1.49 bits per heavy atom. The molecule has 0 unspecified atom stereocenters. The predicted molar refractivity (Wildman–Crippen MR) is 150 cm³/mol. The summed E-state index contributed by atoms with van der Waals surface area (Å²) in [5.74, 6) is 0.338. The normalized spacial score (nSPS) is 18.4. The van der Waals surface area contributed by atoms with Crippen LogP contribution >= 0.6 is 0 Å². The lowest BCUT2D eigenvalue weighted by Gasteiger charge is -2.48. The number of nitrogens with zero attached hydrogens (tertiary/aromatic N) is 5. The van der Waals surface area contributed by atoms with Gasteiger partial charge < -0.3 is 14.3 Å². The van der Waals surface area contributed by atoms with Crippen molar-refractivity contribution in [2.75, 3.05) is 18.0 Å². The summed E-state index contributed by atoms with van der Waals surface area (Å²) in [6.45, 7) is 17.7. The molecular formula is C31H33N5O. The molecular weight excluding hydrogens is 458 g/mol. The van der Waals surface area contributed by atoms with E-state index in [1.807, 2.05) is 6.07 Å². The third-order valence-electron chi connectivity index (χ3n) is 7.63. The van der Waals surface area contributed by atoms with Gasteiger partial charge in [-0.3, -0.25) is 9.69 Å². The standard InChI is InChI=1S/C31H33N5O/c1-20-7-11-24(12-8-20)31(25-13-9-21(2)10-14-25)36-19-22(3)35(18-23(36)4)27-17-29(37)34(6)26-15-16-28(32-5)33-30(26)27/h7-17,22-23,31H,18-19H2,1-4,6H3/t22-,23+/m0/s1. The molecule has 0 amide bonds. The first kappa shape index (κ1) is 24.7. The highest BCUT2D eigenvalue weighted by Crippen LogP contribution is 2.36. The topological polar surface area (TPSA) is 45.7 Å². The minimum Gasteiger partial charge on any atom is -0.362 e. The SMILES string of the molecule is [C-]#[N+]c1ccc2c(n1)c(N1C[C@@H](C)N(C(c3ccc(C)cc3)c3ccc(C)cc3)C[C@@H]1C)cc(=O)n2C. The van der Waals surface area contributed by atoms with E-state index in [1.54, 1.807) is 23.7 Å². The van der Waals surface area contributed by atoms with E-state index in [9.17, 15) is 4.79 Å². The fraction of sp³-hybridized carbons (Fsp3) is 0.323. The number of piperazine rings is 1. The fourth-order valence-corrected chi connectivity index (χ4v) is 5.50.